The average Bonchev–Trinajstić information content (AvgIpc) is 2.19. The van der Waals surface area contributed by atoms with Crippen molar-refractivity contribution in [2.75, 3.05) is 11.4 Å². The molecular weight excluding hydrogens is 213 g/mol. The maximum Gasteiger partial charge on any atom is 0.328 e. The van der Waals surface area contributed by atoms with Crippen LogP contribution >= 0.6 is 0 Å². The van der Waals surface area contributed by atoms with Gasteiger partial charge in [-0.25, -0.2) is 9.78 Å². The highest BCUT2D eigenvalue weighted by molar-refractivity contribution is 6.05. The Morgan fingerprint density at radius 3 is 2.88 bits per heavy atom. The fourth-order valence-electron chi connectivity index (χ4n) is 1.59. The predicted molar refractivity (Wildman–Crippen MR) is 54.4 cm³/mol. The highest BCUT2D eigenvalue weighted by atomic mass is 19.1. The smallest absolute Gasteiger partial charge is 0.292 e. The number of carbonyl (C=O) groups is 2. The van der Waals surface area contributed by atoms with Gasteiger partial charge in [0.1, 0.15) is 0 Å². The molecule has 0 atom stereocenters. The van der Waals surface area contributed by atoms with E-state index in [2.05, 4.69) is 10.3 Å². The summed E-state index contributed by atoms with van der Waals surface area (Å²) in [4.78, 5) is 27.3. The van der Waals surface area contributed by atoms with Crippen molar-refractivity contribution < 1.29 is 14.0 Å². The summed E-state index contributed by atoms with van der Waals surface area (Å²) in [6, 6.07) is 0.756. The zero-order valence-electron chi connectivity index (χ0n) is 8.66. The molecule has 2 rings (SSSR count). The van der Waals surface area contributed by atoms with Crippen LogP contribution in [-0.4, -0.2) is 23.5 Å². The molecule has 84 valence electrons. The minimum atomic E-state index is -0.588. The van der Waals surface area contributed by atoms with E-state index in [1.54, 1.807) is 6.92 Å². The van der Waals surface area contributed by atoms with Gasteiger partial charge in [-0.1, -0.05) is 0 Å². The van der Waals surface area contributed by atoms with E-state index in [0.29, 0.717) is 17.8 Å². The number of imide groups is 1. The van der Waals surface area contributed by atoms with Gasteiger partial charge in [0, 0.05) is 13.0 Å². The third-order valence-electron chi connectivity index (χ3n) is 2.39. The van der Waals surface area contributed by atoms with Crippen molar-refractivity contribution in [3.8, 4) is 0 Å². The fourth-order valence-corrected chi connectivity index (χ4v) is 1.59. The molecule has 6 heteroatoms. The molecule has 0 spiro atoms. The van der Waals surface area contributed by atoms with E-state index >= 15 is 0 Å². The Kier molecular flexibility index (Phi) is 2.55. The average molecular weight is 223 g/mol. The predicted octanol–water partition coefficient (Wildman–Crippen LogP) is 0.975. The van der Waals surface area contributed by atoms with Gasteiger partial charge in [-0.15, -0.1) is 0 Å². The quantitative estimate of drug-likeness (QED) is 0.722. The number of anilines is 1. The monoisotopic (exact) mass is 223 g/mol. The van der Waals surface area contributed by atoms with Crippen LogP contribution in [0, 0.1) is 12.9 Å². The molecule has 1 fully saturated rings. The van der Waals surface area contributed by atoms with Crippen LogP contribution in [0.5, 0.6) is 0 Å². The van der Waals surface area contributed by atoms with Crippen molar-refractivity contribution in [2.45, 2.75) is 13.3 Å². The molecule has 3 amide bonds. The molecule has 0 aromatic carbocycles. The summed E-state index contributed by atoms with van der Waals surface area (Å²) in [6.07, 6.45) is 1.53. The summed E-state index contributed by atoms with van der Waals surface area (Å²) in [5.74, 6) is -0.885. The van der Waals surface area contributed by atoms with Crippen molar-refractivity contribution in [1.29, 1.82) is 0 Å². The number of aromatic nitrogens is 1. The number of urea groups is 1. The third-order valence-corrected chi connectivity index (χ3v) is 2.39. The number of hydrogen-bond acceptors (Lipinski definition) is 3. The molecule has 1 aromatic rings. The van der Waals surface area contributed by atoms with Gasteiger partial charge < -0.3 is 0 Å². The summed E-state index contributed by atoms with van der Waals surface area (Å²) < 4.78 is 12.8. The normalized spacial score (nSPS) is 16.2. The van der Waals surface area contributed by atoms with E-state index in [4.69, 9.17) is 0 Å². The molecule has 0 unspecified atom stereocenters. The molecule has 2 heterocycles. The molecule has 0 saturated carbocycles. The second kappa shape index (κ2) is 3.88. The number of pyridine rings is 1. The lowest BCUT2D eigenvalue weighted by molar-refractivity contribution is -0.120. The lowest BCUT2D eigenvalue weighted by Gasteiger charge is -2.27. The second-order valence-corrected chi connectivity index (χ2v) is 3.55. The number of rotatable bonds is 1. The summed E-state index contributed by atoms with van der Waals surface area (Å²) in [5.41, 5.74) is 1.13. The Morgan fingerprint density at radius 1 is 1.50 bits per heavy atom. The van der Waals surface area contributed by atoms with Crippen molar-refractivity contribution >= 4 is 17.6 Å². The van der Waals surface area contributed by atoms with Gasteiger partial charge in [-0.2, -0.15) is 4.39 Å². The molecule has 1 N–H and O–H groups in total. The molecule has 1 aromatic heterocycles. The zero-order valence-corrected chi connectivity index (χ0v) is 8.66. The molecule has 0 bridgehead atoms. The first-order valence-corrected chi connectivity index (χ1v) is 4.81. The number of aryl methyl sites for hydroxylation is 1. The van der Waals surface area contributed by atoms with Gasteiger partial charge in [0.2, 0.25) is 11.9 Å². The number of nitrogens with zero attached hydrogens (tertiary/aromatic N) is 2. The summed E-state index contributed by atoms with van der Waals surface area (Å²) >= 11 is 0. The minimum absolute atomic E-state index is 0.239. The van der Waals surface area contributed by atoms with Crippen LogP contribution < -0.4 is 10.2 Å². The van der Waals surface area contributed by atoms with Gasteiger partial charge in [0.05, 0.1) is 11.9 Å². The van der Waals surface area contributed by atoms with E-state index in [9.17, 15) is 14.0 Å². The fraction of sp³-hybridized carbons (Fsp3) is 0.300. The Labute approximate surface area is 91.3 Å². The van der Waals surface area contributed by atoms with E-state index in [-0.39, 0.29) is 12.3 Å². The van der Waals surface area contributed by atoms with Crippen LogP contribution in [0.3, 0.4) is 0 Å². The van der Waals surface area contributed by atoms with Gasteiger partial charge in [-0.3, -0.25) is 15.0 Å². The number of nitrogens with one attached hydrogen (secondary N) is 1. The number of amides is 3. The Morgan fingerprint density at radius 2 is 2.25 bits per heavy atom. The molecular formula is C10H10FN3O2. The van der Waals surface area contributed by atoms with Crippen LogP contribution in [0.2, 0.25) is 0 Å². The highest BCUT2D eigenvalue weighted by Gasteiger charge is 2.25. The van der Waals surface area contributed by atoms with E-state index in [1.807, 2.05) is 0 Å². The van der Waals surface area contributed by atoms with Gasteiger partial charge in [-0.05, 0) is 18.6 Å². The first kappa shape index (κ1) is 10.5. The van der Waals surface area contributed by atoms with Gasteiger partial charge in [0.25, 0.3) is 0 Å². The summed E-state index contributed by atoms with van der Waals surface area (Å²) in [7, 11) is 0. The molecule has 1 aliphatic heterocycles. The molecule has 0 radical (unpaired) electrons. The van der Waals surface area contributed by atoms with Gasteiger partial charge >= 0.3 is 6.03 Å². The lowest BCUT2D eigenvalue weighted by atomic mass is 10.2. The first-order valence-electron chi connectivity index (χ1n) is 4.81. The standard InChI is InChI=1S/C10H10FN3O2/c1-6-4-8(11)12-5-7(6)14-3-2-9(15)13-10(14)16/h4-5H,2-3H2,1H3,(H,13,15,16). The zero-order chi connectivity index (χ0) is 11.7. The van der Waals surface area contributed by atoms with Crippen LogP contribution in [-0.2, 0) is 4.79 Å². The van der Waals surface area contributed by atoms with Crippen LogP contribution in [0.1, 0.15) is 12.0 Å². The second-order valence-electron chi connectivity index (χ2n) is 3.55. The SMILES string of the molecule is Cc1cc(F)ncc1N1CCC(=O)NC1=O. The van der Waals surface area contributed by atoms with Gasteiger partial charge in [0.15, 0.2) is 0 Å². The number of halogens is 1. The minimum Gasteiger partial charge on any atom is -0.292 e. The molecule has 16 heavy (non-hydrogen) atoms. The van der Waals surface area contributed by atoms with Crippen LogP contribution in [0.25, 0.3) is 0 Å². The molecule has 0 aliphatic carbocycles. The van der Waals surface area contributed by atoms with Crippen LogP contribution in [0.15, 0.2) is 12.3 Å². The summed E-state index contributed by atoms with van der Waals surface area (Å²) in [6.45, 7) is 1.97. The van der Waals surface area contributed by atoms with Crippen molar-refractivity contribution in [3.63, 3.8) is 0 Å². The molecule has 1 saturated heterocycles. The molecule has 1 aliphatic rings. The topological polar surface area (TPSA) is 62.3 Å². The third kappa shape index (κ3) is 1.86. The van der Waals surface area contributed by atoms with Crippen molar-refractivity contribution in [2.24, 2.45) is 0 Å². The van der Waals surface area contributed by atoms with E-state index < -0.39 is 12.0 Å². The van der Waals surface area contributed by atoms with Crippen molar-refractivity contribution in [3.05, 3.63) is 23.8 Å². The summed E-state index contributed by atoms with van der Waals surface area (Å²) in [5, 5.41) is 2.20. The van der Waals surface area contributed by atoms with E-state index in [0.717, 1.165) is 0 Å². The largest absolute Gasteiger partial charge is 0.328 e. The number of hydrogen-bond donors (Lipinski definition) is 1. The first-order chi connectivity index (χ1) is 7.58. The molecule has 5 nitrogen and oxygen atoms in total. The highest BCUT2D eigenvalue weighted by Crippen LogP contribution is 2.20. The maximum atomic E-state index is 12.8. The maximum absolute atomic E-state index is 12.8. The lowest BCUT2D eigenvalue weighted by Crippen LogP contribution is -2.49. The Balaban J connectivity index is 2.30. The van der Waals surface area contributed by atoms with E-state index in [1.165, 1.54) is 17.2 Å². The van der Waals surface area contributed by atoms with Crippen molar-refractivity contribution in [1.82, 2.24) is 10.3 Å². The van der Waals surface area contributed by atoms with Crippen LogP contribution in [0.4, 0.5) is 14.9 Å². The number of carbonyl (C=O) groups excluding carboxylic acids is 2. The Hall–Kier alpha value is -1.98. The Bertz CT molecular complexity index is 461.